The van der Waals surface area contributed by atoms with Crippen LogP contribution in [0.1, 0.15) is 16.7 Å². The molecule has 1 amide bonds. The van der Waals surface area contributed by atoms with Crippen molar-refractivity contribution in [3.63, 3.8) is 0 Å². The van der Waals surface area contributed by atoms with Gasteiger partial charge in [0.15, 0.2) is 11.6 Å². The largest absolute Gasteiger partial charge is 0.453 e. The molecule has 0 bridgehead atoms. The van der Waals surface area contributed by atoms with Gasteiger partial charge in [-0.05, 0) is 48.2 Å². The Labute approximate surface area is 209 Å². The number of hydrogen-bond acceptors (Lipinski definition) is 5. The molecule has 0 spiro atoms. The molecule has 8 heteroatoms. The van der Waals surface area contributed by atoms with Crippen molar-refractivity contribution in [2.75, 3.05) is 26.2 Å². The summed E-state index contributed by atoms with van der Waals surface area (Å²) in [5.74, 6) is 0.0435. The van der Waals surface area contributed by atoms with Gasteiger partial charge in [0.1, 0.15) is 11.4 Å². The molecule has 1 aliphatic rings. The third-order valence-corrected chi connectivity index (χ3v) is 6.65. The van der Waals surface area contributed by atoms with Crippen molar-refractivity contribution in [1.29, 1.82) is 0 Å². The molecular weight excluding hydrogens is 457 g/mol. The average molecular weight is 488 g/mol. The number of aryl methyl sites for hydroxylation is 1. The average Bonchev–Trinajstić information content (AvgIpc) is 3.28. The number of carbonyl (C=O) groups is 1. The molecule has 0 radical (unpaired) electrons. The number of aromatic amines is 1. The second-order valence-electron chi connectivity index (χ2n) is 9.27. The van der Waals surface area contributed by atoms with Gasteiger partial charge in [-0.25, -0.2) is 9.37 Å². The lowest BCUT2D eigenvalue weighted by Gasteiger charge is -2.36. The predicted molar refractivity (Wildman–Crippen MR) is 137 cm³/mol. The number of rotatable bonds is 7. The Bertz CT molecular complexity index is 1350. The topological polar surface area (TPSA) is 87.5 Å². The summed E-state index contributed by atoms with van der Waals surface area (Å²) in [5.41, 5.74) is 9.82. The fourth-order valence-electron chi connectivity index (χ4n) is 4.68. The Balaban J connectivity index is 1.17. The first-order valence-electron chi connectivity index (χ1n) is 12.2. The van der Waals surface area contributed by atoms with E-state index in [0.29, 0.717) is 30.0 Å². The van der Waals surface area contributed by atoms with Gasteiger partial charge < -0.3 is 20.4 Å². The van der Waals surface area contributed by atoms with E-state index in [1.807, 2.05) is 36.2 Å². The molecule has 1 saturated heterocycles. The Kier molecular flexibility index (Phi) is 6.97. The normalized spacial score (nSPS) is 15.2. The number of aromatic nitrogens is 2. The molecule has 2 aromatic heterocycles. The van der Waals surface area contributed by atoms with Crippen molar-refractivity contribution in [1.82, 2.24) is 19.8 Å². The number of carbonyl (C=O) groups excluding carboxylic acids is 1. The van der Waals surface area contributed by atoms with E-state index >= 15 is 0 Å². The smallest absolute Gasteiger partial charge is 0.239 e. The van der Waals surface area contributed by atoms with Gasteiger partial charge >= 0.3 is 0 Å². The number of hydrogen-bond donors (Lipinski definition) is 2. The summed E-state index contributed by atoms with van der Waals surface area (Å²) in [6.07, 6.45) is 3.72. The summed E-state index contributed by atoms with van der Waals surface area (Å²) < 4.78 is 20.8. The highest BCUT2D eigenvalue weighted by Crippen LogP contribution is 2.32. The minimum atomic E-state index is -0.723. The number of benzene rings is 2. The van der Waals surface area contributed by atoms with E-state index in [-0.39, 0.29) is 18.1 Å². The van der Waals surface area contributed by atoms with E-state index in [9.17, 15) is 9.18 Å². The minimum Gasteiger partial charge on any atom is -0.453 e. The van der Waals surface area contributed by atoms with Gasteiger partial charge in [-0.2, -0.15) is 0 Å². The van der Waals surface area contributed by atoms with Crippen LogP contribution in [-0.4, -0.2) is 57.9 Å². The van der Waals surface area contributed by atoms with Crippen molar-refractivity contribution in [2.24, 2.45) is 5.73 Å². The first-order chi connectivity index (χ1) is 17.5. The lowest BCUT2D eigenvalue weighted by Crippen LogP contribution is -2.53. The van der Waals surface area contributed by atoms with E-state index in [2.05, 4.69) is 27.0 Å². The number of nitrogens with zero attached hydrogens (tertiary/aromatic N) is 3. The minimum absolute atomic E-state index is 0.0998. The maximum absolute atomic E-state index is 14.9. The fraction of sp³-hybridized carbons (Fsp3) is 0.286. The van der Waals surface area contributed by atoms with E-state index in [4.69, 9.17) is 10.5 Å². The van der Waals surface area contributed by atoms with E-state index in [1.165, 1.54) is 11.6 Å². The van der Waals surface area contributed by atoms with Crippen LogP contribution in [0.5, 0.6) is 11.5 Å². The monoisotopic (exact) mass is 487 g/mol. The Hall–Kier alpha value is -3.75. The zero-order chi connectivity index (χ0) is 25.1. The zero-order valence-corrected chi connectivity index (χ0v) is 20.3. The number of piperazine rings is 1. The van der Waals surface area contributed by atoms with Gasteiger partial charge in [0, 0.05) is 45.1 Å². The summed E-state index contributed by atoms with van der Waals surface area (Å²) >= 11 is 0. The van der Waals surface area contributed by atoms with Crippen LogP contribution in [0, 0.1) is 12.7 Å². The standard InChI is InChI=1S/C28H30FN5O2/c1-19-17-32-27-26(19)25(9-10-31-27)36-24-8-7-21(15-22(24)29)16-23(30)28(35)34-13-11-33(12-14-34)18-20-5-3-2-4-6-20/h2-10,15,17,23H,11-14,16,18,30H2,1H3,(H,31,32). The van der Waals surface area contributed by atoms with Gasteiger partial charge in [-0.1, -0.05) is 36.4 Å². The maximum Gasteiger partial charge on any atom is 0.239 e. The zero-order valence-electron chi connectivity index (χ0n) is 20.3. The van der Waals surface area contributed by atoms with E-state index < -0.39 is 11.9 Å². The number of amides is 1. The second kappa shape index (κ2) is 10.5. The molecule has 5 rings (SSSR count). The first-order valence-corrected chi connectivity index (χ1v) is 12.2. The summed E-state index contributed by atoms with van der Waals surface area (Å²) in [5, 5.41) is 0.817. The highest BCUT2D eigenvalue weighted by atomic mass is 19.1. The Morgan fingerprint density at radius 3 is 2.61 bits per heavy atom. The molecule has 4 aromatic rings. The van der Waals surface area contributed by atoms with E-state index in [0.717, 1.165) is 30.6 Å². The summed E-state index contributed by atoms with van der Waals surface area (Å²) in [6, 6.07) is 16.0. The van der Waals surface area contributed by atoms with Crippen LogP contribution in [0.25, 0.3) is 11.0 Å². The molecule has 1 fully saturated rings. The quantitative estimate of drug-likeness (QED) is 0.411. The number of H-pyrrole nitrogens is 1. The van der Waals surface area contributed by atoms with Crippen LogP contribution < -0.4 is 10.5 Å². The molecule has 3 N–H and O–H groups in total. The molecule has 3 heterocycles. The molecular formula is C28H30FN5O2. The number of halogens is 1. The molecule has 0 saturated carbocycles. The summed E-state index contributed by atoms with van der Waals surface area (Å²) in [4.78, 5) is 24.4. The van der Waals surface area contributed by atoms with Crippen molar-refractivity contribution >= 4 is 16.9 Å². The van der Waals surface area contributed by atoms with Gasteiger partial charge in [0.2, 0.25) is 5.91 Å². The second-order valence-corrected chi connectivity index (χ2v) is 9.27. The number of ether oxygens (including phenoxy) is 1. The fourth-order valence-corrected chi connectivity index (χ4v) is 4.68. The predicted octanol–water partition coefficient (Wildman–Crippen LogP) is 4.02. The highest BCUT2D eigenvalue weighted by molar-refractivity contribution is 5.86. The Morgan fingerprint density at radius 1 is 1.08 bits per heavy atom. The molecule has 1 aliphatic heterocycles. The molecule has 7 nitrogen and oxygen atoms in total. The van der Waals surface area contributed by atoms with E-state index in [1.54, 1.807) is 24.4 Å². The number of nitrogens with two attached hydrogens (primary N) is 1. The van der Waals surface area contributed by atoms with Crippen molar-refractivity contribution in [3.8, 4) is 11.5 Å². The molecule has 36 heavy (non-hydrogen) atoms. The first kappa shape index (κ1) is 24.0. The highest BCUT2D eigenvalue weighted by Gasteiger charge is 2.25. The SMILES string of the molecule is Cc1c[nH]c2nccc(Oc3ccc(CC(N)C(=O)N4CCN(Cc5ccccc5)CC4)cc3F)c12. The molecule has 1 unspecified atom stereocenters. The Morgan fingerprint density at radius 2 is 1.86 bits per heavy atom. The lowest BCUT2D eigenvalue weighted by atomic mass is 10.0. The third kappa shape index (κ3) is 5.24. The van der Waals surface area contributed by atoms with Crippen molar-refractivity contribution in [3.05, 3.63) is 89.5 Å². The number of nitrogens with one attached hydrogen (secondary N) is 1. The van der Waals surface area contributed by atoms with Gasteiger partial charge in [0.25, 0.3) is 0 Å². The maximum atomic E-state index is 14.9. The number of fused-ring (bicyclic) bond motifs is 1. The van der Waals surface area contributed by atoms with Crippen LogP contribution in [0.15, 0.2) is 67.0 Å². The summed E-state index contributed by atoms with van der Waals surface area (Å²) in [6.45, 7) is 5.69. The number of pyridine rings is 1. The van der Waals surface area contributed by atoms with Crippen molar-refractivity contribution in [2.45, 2.75) is 25.9 Å². The molecule has 1 atom stereocenters. The van der Waals surface area contributed by atoms with Crippen molar-refractivity contribution < 1.29 is 13.9 Å². The van der Waals surface area contributed by atoms with Crippen LogP contribution >= 0.6 is 0 Å². The van der Waals surface area contributed by atoms with Gasteiger partial charge in [-0.3, -0.25) is 9.69 Å². The summed E-state index contributed by atoms with van der Waals surface area (Å²) in [7, 11) is 0. The van der Waals surface area contributed by atoms with Crippen LogP contribution in [0.4, 0.5) is 4.39 Å². The molecule has 186 valence electrons. The molecule has 2 aromatic carbocycles. The van der Waals surface area contributed by atoms with Crippen LogP contribution in [0.3, 0.4) is 0 Å². The van der Waals surface area contributed by atoms with Gasteiger partial charge in [-0.15, -0.1) is 0 Å². The third-order valence-electron chi connectivity index (χ3n) is 6.65. The molecule has 0 aliphatic carbocycles. The van der Waals surface area contributed by atoms with Crippen LogP contribution in [-0.2, 0) is 17.8 Å². The van der Waals surface area contributed by atoms with Crippen LogP contribution in [0.2, 0.25) is 0 Å². The lowest BCUT2D eigenvalue weighted by molar-refractivity contribution is -0.134. The van der Waals surface area contributed by atoms with Gasteiger partial charge in [0.05, 0.1) is 11.4 Å².